The third kappa shape index (κ3) is 5.66. The van der Waals surface area contributed by atoms with Crippen LogP contribution in [0.25, 0.3) is 0 Å². The van der Waals surface area contributed by atoms with E-state index in [4.69, 9.17) is 4.74 Å². The number of nitrogens with one attached hydrogen (secondary N) is 2. The molecule has 144 valence electrons. The van der Waals surface area contributed by atoms with Gasteiger partial charge in [0.15, 0.2) is 0 Å². The lowest BCUT2D eigenvalue weighted by molar-refractivity contribution is -0.910. The highest BCUT2D eigenvalue weighted by Crippen LogP contribution is 2.19. The monoisotopic (exact) mass is 368 g/mol. The number of amides is 1. The number of aryl methyl sites for hydroxylation is 1. The molecule has 0 radical (unpaired) electrons. The predicted molar refractivity (Wildman–Crippen MR) is 110 cm³/mol. The van der Waals surface area contributed by atoms with Crippen LogP contribution < -0.4 is 15.1 Å². The van der Waals surface area contributed by atoms with E-state index in [0.29, 0.717) is 5.56 Å². The number of ether oxygens (including phenoxy) is 1. The molecule has 0 aromatic heterocycles. The Hall–Kier alpha value is -2.66. The van der Waals surface area contributed by atoms with E-state index in [2.05, 4.69) is 30.4 Å². The lowest BCUT2D eigenvalue weighted by atomic mass is 10.1. The van der Waals surface area contributed by atoms with Crippen LogP contribution >= 0.6 is 0 Å². The van der Waals surface area contributed by atoms with Crippen molar-refractivity contribution in [3.63, 3.8) is 0 Å². The van der Waals surface area contributed by atoms with E-state index in [9.17, 15) is 4.79 Å². The molecule has 0 saturated carbocycles. The highest BCUT2D eigenvalue weighted by atomic mass is 16.5. The summed E-state index contributed by atoms with van der Waals surface area (Å²) in [5.74, 6) is 0.672. The predicted octanol–water partition coefficient (Wildman–Crippen LogP) is 2.58. The van der Waals surface area contributed by atoms with Gasteiger partial charge in [0.1, 0.15) is 12.3 Å². The minimum Gasteiger partial charge on any atom is -0.496 e. The van der Waals surface area contributed by atoms with Crippen molar-refractivity contribution in [3.8, 4) is 5.75 Å². The summed E-state index contributed by atoms with van der Waals surface area (Å²) in [5.41, 5.74) is 7.23. The summed E-state index contributed by atoms with van der Waals surface area (Å²) >= 11 is 0. The van der Waals surface area contributed by atoms with E-state index in [0.717, 1.165) is 47.8 Å². The van der Waals surface area contributed by atoms with Crippen molar-refractivity contribution in [2.45, 2.75) is 34.2 Å². The first-order valence-electron chi connectivity index (χ1n) is 9.40. The number of methoxy groups -OCH3 is 1. The first kappa shape index (κ1) is 20.6. The van der Waals surface area contributed by atoms with Gasteiger partial charge in [-0.2, -0.15) is 5.10 Å². The highest BCUT2D eigenvalue weighted by Gasteiger charge is 2.12. The molecule has 1 amide bonds. The third-order valence-corrected chi connectivity index (χ3v) is 4.78. The highest BCUT2D eigenvalue weighted by molar-refractivity contribution is 6.01. The van der Waals surface area contributed by atoms with Gasteiger partial charge in [-0.25, -0.2) is 5.43 Å². The van der Waals surface area contributed by atoms with Gasteiger partial charge in [-0.3, -0.25) is 4.79 Å². The maximum Gasteiger partial charge on any atom is 0.271 e. The number of hydrazone groups is 1. The summed E-state index contributed by atoms with van der Waals surface area (Å²) in [6.07, 6.45) is 0. The molecule has 2 N–H and O–H groups in total. The SMILES string of the molecule is CC[NH+](CC)Cc1cc(/C(C)=N\NC(=O)c2ccc(C)cc2)ccc1OC. The van der Waals surface area contributed by atoms with Gasteiger partial charge in [0.25, 0.3) is 5.91 Å². The summed E-state index contributed by atoms with van der Waals surface area (Å²) in [6.45, 7) is 11.3. The molecule has 27 heavy (non-hydrogen) atoms. The van der Waals surface area contributed by atoms with Gasteiger partial charge >= 0.3 is 0 Å². The van der Waals surface area contributed by atoms with Crippen LogP contribution in [0.4, 0.5) is 0 Å². The average molecular weight is 369 g/mol. The fraction of sp³-hybridized carbons (Fsp3) is 0.364. The van der Waals surface area contributed by atoms with Crippen LogP contribution in [0.1, 0.15) is 47.8 Å². The third-order valence-electron chi connectivity index (χ3n) is 4.78. The number of nitrogens with zero attached hydrogens (tertiary/aromatic N) is 1. The fourth-order valence-electron chi connectivity index (χ4n) is 2.88. The number of benzene rings is 2. The minimum absolute atomic E-state index is 0.212. The molecule has 2 rings (SSSR count). The van der Waals surface area contributed by atoms with Crippen LogP contribution in [-0.2, 0) is 6.54 Å². The Morgan fingerprint density at radius 1 is 1.07 bits per heavy atom. The van der Waals surface area contributed by atoms with Gasteiger partial charge in [-0.15, -0.1) is 0 Å². The Labute approximate surface area is 162 Å². The zero-order chi connectivity index (χ0) is 19.8. The van der Waals surface area contributed by atoms with Crippen molar-refractivity contribution in [2.75, 3.05) is 20.2 Å². The zero-order valence-corrected chi connectivity index (χ0v) is 16.9. The van der Waals surface area contributed by atoms with Crippen molar-refractivity contribution in [2.24, 2.45) is 5.10 Å². The molecule has 2 aromatic carbocycles. The molecule has 0 aliphatic heterocycles. The maximum atomic E-state index is 12.2. The largest absolute Gasteiger partial charge is 0.496 e. The molecule has 0 aliphatic carbocycles. The molecule has 0 atom stereocenters. The van der Waals surface area contributed by atoms with Crippen molar-refractivity contribution in [3.05, 3.63) is 64.7 Å². The fourth-order valence-corrected chi connectivity index (χ4v) is 2.88. The van der Waals surface area contributed by atoms with Crippen LogP contribution in [0, 0.1) is 6.92 Å². The lowest BCUT2D eigenvalue weighted by Crippen LogP contribution is -3.10. The van der Waals surface area contributed by atoms with E-state index in [1.54, 1.807) is 19.2 Å². The summed E-state index contributed by atoms with van der Waals surface area (Å²) in [4.78, 5) is 13.7. The number of hydrogen-bond acceptors (Lipinski definition) is 3. The Morgan fingerprint density at radius 3 is 2.30 bits per heavy atom. The van der Waals surface area contributed by atoms with Gasteiger partial charge in [0, 0.05) is 11.1 Å². The van der Waals surface area contributed by atoms with Gasteiger partial charge in [0.2, 0.25) is 0 Å². The molecule has 5 nitrogen and oxygen atoms in total. The van der Waals surface area contributed by atoms with E-state index in [1.165, 1.54) is 4.90 Å². The van der Waals surface area contributed by atoms with Gasteiger partial charge in [0.05, 0.1) is 25.9 Å². The van der Waals surface area contributed by atoms with Crippen molar-refractivity contribution in [1.29, 1.82) is 0 Å². The van der Waals surface area contributed by atoms with Crippen molar-refractivity contribution >= 4 is 11.6 Å². The van der Waals surface area contributed by atoms with E-state index in [-0.39, 0.29) is 5.91 Å². The average Bonchev–Trinajstić information content (AvgIpc) is 2.70. The molecule has 0 bridgehead atoms. The first-order chi connectivity index (χ1) is 13.0. The second-order valence-corrected chi connectivity index (χ2v) is 6.66. The first-order valence-corrected chi connectivity index (χ1v) is 9.40. The Balaban J connectivity index is 2.16. The van der Waals surface area contributed by atoms with E-state index >= 15 is 0 Å². The van der Waals surface area contributed by atoms with Gasteiger partial charge in [-0.05, 0) is 63.6 Å². The molecule has 0 aliphatic rings. The van der Waals surface area contributed by atoms with Crippen molar-refractivity contribution < 1.29 is 14.4 Å². The topological polar surface area (TPSA) is 55.1 Å². The summed E-state index contributed by atoms with van der Waals surface area (Å²) in [5, 5.41) is 4.28. The lowest BCUT2D eigenvalue weighted by Gasteiger charge is -2.18. The standard InChI is InChI=1S/C22H29N3O2/c1-6-25(7-2)15-20-14-19(12-13-21(20)27-5)17(4)23-24-22(26)18-10-8-16(3)9-11-18/h8-14H,6-7,15H2,1-5H3,(H,24,26)/p+1/b23-17-. The quantitative estimate of drug-likeness (QED) is 0.556. The molecule has 5 heteroatoms. The second kappa shape index (κ2) is 9.88. The Kier molecular flexibility index (Phi) is 7.55. The van der Waals surface area contributed by atoms with Crippen LogP contribution in [-0.4, -0.2) is 31.8 Å². The van der Waals surface area contributed by atoms with E-state index < -0.39 is 0 Å². The summed E-state index contributed by atoms with van der Waals surface area (Å²) in [6, 6.07) is 13.5. The maximum absolute atomic E-state index is 12.2. The van der Waals surface area contributed by atoms with Gasteiger partial charge < -0.3 is 9.64 Å². The van der Waals surface area contributed by atoms with Crippen LogP contribution in [0.2, 0.25) is 0 Å². The molecule has 0 heterocycles. The molecule has 0 unspecified atom stereocenters. The number of quaternary nitrogens is 1. The Bertz CT molecular complexity index is 794. The van der Waals surface area contributed by atoms with Gasteiger partial charge in [-0.1, -0.05) is 17.7 Å². The van der Waals surface area contributed by atoms with Crippen molar-refractivity contribution in [1.82, 2.24) is 5.43 Å². The second-order valence-electron chi connectivity index (χ2n) is 6.66. The smallest absolute Gasteiger partial charge is 0.271 e. The number of carbonyl (C=O) groups is 1. The molecule has 2 aromatic rings. The normalized spacial score (nSPS) is 11.6. The molecular formula is C22H30N3O2+. The number of rotatable bonds is 8. The molecular weight excluding hydrogens is 338 g/mol. The van der Waals surface area contributed by atoms with Crippen LogP contribution in [0.15, 0.2) is 47.6 Å². The molecule has 0 spiro atoms. The van der Waals surface area contributed by atoms with Crippen LogP contribution in [0.3, 0.4) is 0 Å². The molecule has 0 saturated heterocycles. The zero-order valence-electron chi connectivity index (χ0n) is 16.9. The number of hydrogen-bond donors (Lipinski definition) is 2. The summed E-state index contributed by atoms with van der Waals surface area (Å²) in [7, 11) is 1.69. The number of carbonyl (C=O) groups excluding carboxylic acids is 1. The minimum atomic E-state index is -0.212. The van der Waals surface area contributed by atoms with Crippen LogP contribution in [0.5, 0.6) is 5.75 Å². The molecule has 0 fully saturated rings. The summed E-state index contributed by atoms with van der Waals surface area (Å²) < 4.78 is 5.51. The van der Waals surface area contributed by atoms with E-state index in [1.807, 2.05) is 38.1 Å². The Morgan fingerprint density at radius 2 is 1.70 bits per heavy atom.